The predicted octanol–water partition coefficient (Wildman–Crippen LogP) is 5.95. The Morgan fingerprint density at radius 2 is 2.07 bits per heavy atom. The lowest BCUT2D eigenvalue weighted by molar-refractivity contribution is 0.109. The number of hydrogen-bond donors (Lipinski definition) is 2. The molecule has 0 aliphatic carbocycles. The van der Waals surface area contributed by atoms with E-state index in [1.165, 1.54) is 35.1 Å². The highest BCUT2D eigenvalue weighted by Crippen LogP contribution is 2.35. The van der Waals surface area contributed by atoms with Crippen LogP contribution in [-0.2, 0) is 17.8 Å². The molecule has 3 heterocycles. The molecule has 3 aromatic rings. The highest BCUT2D eigenvalue weighted by molar-refractivity contribution is 6.33. The largest absolute Gasteiger partial charge is 0.376 e. The predicted molar refractivity (Wildman–Crippen MR) is 122 cm³/mol. The Morgan fingerprint density at radius 1 is 1.13 bits per heavy atom. The Labute approximate surface area is 182 Å². The minimum Gasteiger partial charge on any atom is -0.376 e. The summed E-state index contributed by atoms with van der Waals surface area (Å²) in [6.07, 6.45) is 5.33. The first kappa shape index (κ1) is 19.6. The van der Waals surface area contributed by atoms with Crippen LogP contribution in [0.25, 0.3) is 11.1 Å². The third-order valence-corrected chi connectivity index (χ3v) is 6.37. The van der Waals surface area contributed by atoms with Crippen LogP contribution in [0.2, 0.25) is 5.02 Å². The number of aromatic nitrogens is 1. The van der Waals surface area contributed by atoms with Crippen LogP contribution in [0, 0.1) is 6.92 Å². The van der Waals surface area contributed by atoms with E-state index in [0.29, 0.717) is 11.1 Å². The molecule has 5 rings (SSSR count). The van der Waals surface area contributed by atoms with Crippen LogP contribution in [0.5, 0.6) is 0 Å². The fourth-order valence-corrected chi connectivity index (χ4v) is 4.72. The molecule has 2 aliphatic rings. The molecule has 2 N–H and O–H groups in total. The SMILES string of the molecule is Cc1ccc(Nc2ccc(-c3cc4c(c(C5CCCN5)c3)COCC4)cn2)c(Cl)c1. The number of nitrogens with zero attached hydrogens (tertiary/aromatic N) is 1. The topological polar surface area (TPSA) is 46.2 Å². The third kappa shape index (κ3) is 3.95. The van der Waals surface area contributed by atoms with E-state index in [1.54, 1.807) is 0 Å². The van der Waals surface area contributed by atoms with Crippen molar-refractivity contribution < 1.29 is 4.74 Å². The summed E-state index contributed by atoms with van der Waals surface area (Å²) in [6, 6.07) is 15.2. The number of fused-ring (bicyclic) bond motifs is 1. The summed E-state index contributed by atoms with van der Waals surface area (Å²) in [4.78, 5) is 4.64. The Bertz CT molecular complexity index is 1060. The van der Waals surface area contributed by atoms with E-state index in [0.717, 1.165) is 48.8 Å². The average Bonchev–Trinajstić information content (AvgIpc) is 3.30. The average molecular weight is 420 g/mol. The van der Waals surface area contributed by atoms with Gasteiger partial charge in [-0.1, -0.05) is 23.7 Å². The van der Waals surface area contributed by atoms with Crippen LogP contribution < -0.4 is 10.6 Å². The Morgan fingerprint density at radius 3 is 2.83 bits per heavy atom. The lowest BCUT2D eigenvalue weighted by atomic mass is 9.89. The van der Waals surface area contributed by atoms with E-state index in [4.69, 9.17) is 16.3 Å². The molecule has 0 radical (unpaired) electrons. The molecule has 0 saturated carbocycles. The monoisotopic (exact) mass is 419 g/mol. The molecule has 0 amide bonds. The van der Waals surface area contributed by atoms with E-state index in [1.807, 2.05) is 37.4 Å². The Kier molecular flexibility index (Phi) is 5.47. The van der Waals surface area contributed by atoms with Crippen molar-refractivity contribution in [3.63, 3.8) is 0 Å². The van der Waals surface area contributed by atoms with Gasteiger partial charge in [-0.3, -0.25) is 0 Å². The zero-order chi connectivity index (χ0) is 20.5. The van der Waals surface area contributed by atoms with Crippen LogP contribution in [-0.4, -0.2) is 18.1 Å². The molecular weight excluding hydrogens is 394 g/mol. The smallest absolute Gasteiger partial charge is 0.130 e. The molecule has 4 nitrogen and oxygen atoms in total. The first-order valence-electron chi connectivity index (χ1n) is 10.6. The van der Waals surface area contributed by atoms with Gasteiger partial charge in [0.25, 0.3) is 0 Å². The van der Waals surface area contributed by atoms with Crippen molar-refractivity contribution in [3.8, 4) is 11.1 Å². The molecule has 5 heteroatoms. The van der Waals surface area contributed by atoms with Gasteiger partial charge < -0.3 is 15.4 Å². The van der Waals surface area contributed by atoms with Crippen molar-refractivity contribution in [2.75, 3.05) is 18.5 Å². The van der Waals surface area contributed by atoms with E-state index in [-0.39, 0.29) is 0 Å². The normalized spacial score (nSPS) is 18.3. The van der Waals surface area contributed by atoms with Crippen molar-refractivity contribution in [2.45, 2.75) is 38.8 Å². The fraction of sp³-hybridized carbons (Fsp3) is 0.320. The second-order valence-electron chi connectivity index (χ2n) is 8.20. The number of anilines is 2. The van der Waals surface area contributed by atoms with Gasteiger partial charge in [0.15, 0.2) is 0 Å². The minimum absolute atomic E-state index is 0.429. The molecule has 1 saturated heterocycles. The molecule has 30 heavy (non-hydrogen) atoms. The van der Waals surface area contributed by atoms with Gasteiger partial charge >= 0.3 is 0 Å². The van der Waals surface area contributed by atoms with Gasteiger partial charge in [0.05, 0.1) is 23.9 Å². The van der Waals surface area contributed by atoms with Gasteiger partial charge in [-0.25, -0.2) is 4.98 Å². The lowest BCUT2D eigenvalue weighted by Gasteiger charge is -2.24. The standard InChI is InChI=1S/C25H26ClN3O/c1-16-4-6-24(22(26)11-16)29-25-7-5-18(14-28-25)19-12-17-8-10-30-15-21(17)20(13-19)23-3-2-9-27-23/h4-7,11-14,23,27H,2-3,8-10,15H2,1H3,(H,28,29). The fourth-order valence-electron chi connectivity index (χ4n) is 4.44. The maximum atomic E-state index is 6.35. The molecular formula is C25H26ClN3O. The number of halogens is 1. The van der Waals surface area contributed by atoms with E-state index in [9.17, 15) is 0 Å². The molecule has 2 aromatic carbocycles. The van der Waals surface area contributed by atoms with Crippen molar-refractivity contribution in [2.24, 2.45) is 0 Å². The van der Waals surface area contributed by atoms with E-state index < -0.39 is 0 Å². The molecule has 1 fully saturated rings. The number of rotatable bonds is 4. The molecule has 154 valence electrons. The van der Waals surface area contributed by atoms with Gasteiger partial charge in [0.1, 0.15) is 5.82 Å². The van der Waals surface area contributed by atoms with Crippen LogP contribution in [0.1, 0.15) is 41.1 Å². The quantitative estimate of drug-likeness (QED) is 0.548. The molecule has 1 atom stereocenters. The van der Waals surface area contributed by atoms with Crippen molar-refractivity contribution >= 4 is 23.1 Å². The first-order chi connectivity index (χ1) is 14.7. The second-order valence-corrected chi connectivity index (χ2v) is 8.60. The van der Waals surface area contributed by atoms with E-state index >= 15 is 0 Å². The molecule has 0 spiro atoms. The summed E-state index contributed by atoms with van der Waals surface area (Å²) < 4.78 is 5.77. The Balaban J connectivity index is 1.44. The summed E-state index contributed by atoms with van der Waals surface area (Å²) in [6.45, 7) is 4.64. The molecule has 1 aromatic heterocycles. The zero-order valence-corrected chi connectivity index (χ0v) is 17.9. The van der Waals surface area contributed by atoms with Crippen molar-refractivity contribution in [1.82, 2.24) is 10.3 Å². The molecule has 2 aliphatic heterocycles. The number of hydrogen-bond acceptors (Lipinski definition) is 4. The minimum atomic E-state index is 0.429. The summed E-state index contributed by atoms with van der Waals surface area (Å²) in [5.41, 5.74) is 8.55. The highest BCUT2D eigenvalue weighted by atomic mass is 35.5. The van der Waals surface area contributed by atoms with Crippen molar-refractivity contribution in [1.29, 1.82) is 0 Å². The lowest BCUT2D eigenvalue weighted by Crippen LogP contribution is -2.19. The maximum absolute atomic E-state index is 6.35. The number of nitrogens with one attached hydrogen (secondary N) is 2. The van der Waals surface area contributed by atoms with Crippen molar-refractivity contribution in [3.05, 3.63) is 75.9 Å². The Hall–Kier alpha value is -2.40. The third-order valence-electron chi connectivity index (χ3n) is 6.06. The molecule has 0 bridgehead atoms. The molecule has 1 unspecified atom stereocenters. The summed E-state index contributed by atoms with van der Waals surface area (Å²) in [7, 11) is 0. The first-order valence-corrected chi connectivity index (χ1v) is 11.0. The maximum Gasteiger partial charge on any atom is 0.130 e. The van der Waals surface area contributed by atoms with Gasteiger partial charge in [-0.2, -0.15) is 0 Å². The summed E-state index contributed by atoms with van der Waals surface area (Å²) in [5.74, 6) is 0.786. The highest BCUT2D eigenvalue weighted by Gasteiger charge is 2.24. The zero-order valence-electron chi connectivity index (χ0n) is 17.2. The number of benzene rings is 2. The number of aryl methyl sites for hydroxylation is 1. The summed E-state index contributed by atoms with van der Waals surface area (Å²) in [5, 5.41) is 7.67. The van der Waals surface area contributed by atoms with E-state index in [2.05, 4.69) is 33.8 Å². The number of ether oxygens (including phenoxy) is 1. The van der Waals surface area contributed by atoms with Crippen LogP contribution >= 0.6 is 11.6 Å². The van der Waals surface area contributed by atoms with Gasteiger partial charge in [-0.05, 0) is 90.9 Å². The van der Waals surface area contributed by atoms with Crippen LogP contribution in [0.3, 0.4) is 0 Å². The second kappa shape index (κ2) is 8.38. The van der Waals surface area contributed by atoms with Crippen LogP contribution in [0.15, 0.2) is 48.7 Å². The van der Waals surface area contributed by atoms with Gasteiger partial charge in [-0.15, -0.1) is 0 Å². The number of pyridine rings is 1. The van der Waals surface area contributed by atoms with Crippen LogP contribution in [0.4, 0.5) is 11.5 Å². The van der Waals surface area contributed by atoms with Gasteiger partial charge in [0.2, 0.25) is 0 Å². The summed E-state index contributed by atoms with van der Waals surface area (Å²) >= 11 is 6.35. The van der Waals surface area contributed by atoms with Gasteiger partial charge in [0, 0.05) is 17.8 Å².